The van der Waals surface area contributed by atoms with E-state index in [0.29, 0.717) is 35.4 Å². The topological polar surface area (TPSA) is 119 Å². The van der Waals surface area contributed by atoms with Crippen molar-refractivity contribution in [3.05, 3.63) is 54.1 Å². The summed E-state index contributed by atoms with van der Waals surface area (Å²) in [6.07, 6.45) is 3.39. The summed E-state index contributed by atoms with van der Waals surface area (Å²) in [5.41, 5.74) is 2.03. The molecule has 0 aliphatic carbocycles. The molecule has 0 aromatic heterocycles. The van der Waals surface area contributed by atoms with Crippen molar-refractivity contribution in [2.24, 2.45) is 0 Å². The molecular weight excluding hydrogens is 442 g/mol. The first-order valence-electron chi connectivity index (χ1n) is 10.9. The largest absolute Gasteiger partial charge is 0.480 e. The highest BCUT2D eigenvalue weighted by Gasteiger charge is 2.28. The van der Waals surface area contributed by atoms with Gasteiger partial charge in [0.2, 0.25) is 0 Å². The van der Waals surface area contributed by atoms with Gasteiger partial charge in [0.25, 0.3) is 5.91 Å². The van der Waals surface area contributed by atoms with Crippen molar-refractivity contribution in [3.63, 3.8) is 0 Å². The minimum Gasteiger partial charge on any atom is -0.480 e. The van der Waals surface area contributed by atoms with E-state index in [4.69, 9.17) is 0 Å². The summed E-state index contributed by atoms with van der Waals surface area (Å²) >= 11 is 1.51. The molecule has 0 saturated carbocycles. The number of thioether (sulfide) groups is 1. The zero-order valence-electron chi connectivity index (χ0n) is 18.5. The lowest BCUT2D eigenvalue weighted by Gasteiger charge is -2.33. The molecule has 0 bridgehead atoms. The van der Waals surface area contributed by atoms with E-state index in [0.717, 1.165) is 24.9 Å². The molecule has 0 spiro atoms. The van der Waals surface area contributed by atoms with Crippen molar-refractivity contribution in [1.82, 2.24) is 10.6 Å². The Morgan fingerprint density at radius 2 is 1.91 bits per heavy atom. The van der Waals surface area contributed by atoms with E-state index in [1.807, 2.05) is 36.6 Å². The molecule has 2 aromatic carbocycles. The van der Waals surface area contributed by atoms with Gasteiger partial charge in [0.15, 0.2) is 0 Å². The average molecular weight is 472 g/mol. The normalized spacial score (nSPS) is 16.6. The highest BCUT2D eigenvalue weighted by molar-refractivity contribution is 7.98. The number of carbonyl (C=O) groups is 3. The molecule has 1 heterocycles. The fraction of sp³-hybridized carbons (Fsp3) is 0.375. The number of hydrogen-bond acceptors (Lipinski definition) is 5. The molecule has 9 heteroatoms. The Labute approximate surface area is 197 Å². The molecule has 176 valence electrons. The van der Waals surface area contributed by atoms with Gasteiger partial charge >= 0.3 is 12.1 Å². The lowest BCUT2D eigenvalue weighted by atomic mass is 9.97. The fourth-order valence-corrected chi connectivity index (χ4v) is 4.41. The predicted octanol–water partition coefficient (Wildman–Crippen LogP) is 3.87. The van der Waals surface area contributed by atoms with Gasteiger partial charge < -0.3 is 15.5 Å². The van der Waals surface area contributed by atoms with Gasteiger partial charge in [-0.25, -0.2) is 9.59 Å². The van der Waals surface area contributed by atoms with Gasteiger partial charge in [0.1, 0.15) is 6.04 Å². The zero-order chi connectivity index (χ0) is 23.8. The molecule has 2 amide bonds. The second-order valence-electron chi connectivity index (χ2n) is 7.86. The zero-order valence-corrected chi connectivity index (χ0v) is 19.3. The van der Waals surface area contributed by atoms with Crippen LogP contribution in [-0.4, -0.2) is 58.9 Å². The molecule has 2 aromatic rings. The Hall–Kier alpha value is -3.04. The summed E-state index contributed by atoms with van der Waals surface area (Å²) in [5, 5.41) is 25.3. The van der Waals surface area contributed by atoms with E-state index in [9.17, 15) is 24.6 Å². The summed E-state index contributed by atoms with van der Waals surface area (Å²) in [6.45, 7) is 0.743. The summed E-state index contributed by atoms with van der Waals surface area (Å²) in [6, 6.07) is 13.0. The maximum Gasteiger partial charge on any atom is 0.413 e. The molecule has 0 radical (unpaired) electrons. The Morgan fingerprint density at radius 1 is 1.15 bits per heavy atom. The number of nitrogens with one attached hydrogen (secondary N) is 2. The van der Waals surface area contributed by atoms with E-state index in [1.165, 1.54) is 16.7 Å². The Bertz CT molecular complexity index is 979. The van der Waals surface area contributed by atoms with E-state index in [1.54, 1.807) is 18.2 Å². The number of benzene rings is 2. The molecule has 2 unspecified atom stereocenters. The van der Waals surface area contributed by atoms with Crippen LogP contribution in [0.5, 0.6) is 0 Å². The van der Waals surface area contributed by atoms with Crippen molar-refractivity contribution in [1.29, 1.82) is 0 Å². The SMILES string of the molecule is CSCCC(NC(=O)c1ccc(N(C(=O)O)C2CCCCN2)cc1-c1ccccc1)C(=O)O. The number of nitrogens with zero attached hydrogens (tertiary/aromatic N) is 1. The van der Waals surface area contributed by atoms with Crippen LogP contribution in [0.1, 0.15) is 36.0 Å². The monoisotopic (exact) mass is 471 g/mol. The number of piperidine rings is 1. The van der Waals surface area contributed by atoms with E-state index < -0.39 is 24.0 Å². The van der Waals surface area contributed by atoms with E-state index >= 15 is 0 Å². The maximum absolute atomic E-state index is 13.1. The lowest BCUT2D eigenvalue weighted by molar-refractivity contribution is -0.139. The van der Waals surface area contributed by atoms with Crippen LogP contribution in [0.4, 0.5) is 10.5 Å². The molecule has 4 N–H and O–H groups in total. The Kier molecular flexibility index (Phi) is 8.73. The first-order valence-corrected chi connectivity index (χ1v) is 12.3. The molecule has 33 heavy (non-hydrogen) atoms. The van der Waals surface area contributed by atoms with Crippen molar-refractivity contribution in [2.75, 3.05) is 23.5 Å². The number of aliphatic carboxylic acids is 1. The van der Waals surface area contributed by atoms with Crippen molar-refractivity contribution in [3.8, 4) is 11.1 Å². The van der Waals surface area contributed by atoms with Gasteiger partial charge in [-0.3, -0.25) is 15.0 Å². The lowest BCUT2D eigenvalue weighted by Crippen LogP contribution is -2.50. The number of hydrogen-bond donors (Lipinski definition) is 4. The minimum absolute atomic E-state index is 0.294. The molecule has 2 atom stereocenters. The smallest absolute Gasteiger partial charge is 0.413 e. The number of amides is 2. The maximum atomic E-state index is 13.1. The molecule has 3 rings (SSSR count). The highest BCUT2D eigenvalue weighted by atomic mass is 32.2. The van der Waals surface area contributed by atoms with E-state index in [2.05, 4.69) is 10.6 Å². The van der Waals surface area contributed by atoms with E-state index in [-0.39, 0.29) is 6.17 Å². The predicted molar refractivity (Wildman–Crippen MR) is 130 cm³/mol. The summed E-state index contributed by atoms with van der Waals surface area (Å²) in [4.78, 5) is 38.2. The second-order valence-corrected chi connectivity index (χ2v) is 8.85. The van der Waals surface area contributed by atoms with Crippen LogP contribution in [0.15, 0.2) is 48.5 Å². The van der Waals surface area contributed by atoms with Gasteiger partial charge in [-0.2, -0.15) is 11.8 Å². The number of carboxylic acid groups (broad SMARTS) is 2. The van der Waals surface area contributed by atoms with Gasteiger partial charge in [0.05, 0.1) is 6.17 Å². The molecule has 1 saturated heterocycles. The van der Waals surface area contributed by atoms with Crippen molar-refractivity contribution >= 4 is 35.4 Å². The molecular formula is C24H29N3O5S. The summed E-state index contributed by atoms with van der Waals surface area (Å²) in [5.74, 6) is -0.994. The molecule has 1 aliphatic rings. The summed E-state index contributed by atoms with van der Waals surface area (Å²) in [7, 11) is 0. The quantitative estimate of drug-likeness (QED) is 0.438. The Morgan fingerprint density at radius 3 is 2.52 bits per heavy atom. The minimum atomic E-state index is -1.09. The van der Waals surface area contributed by atoms with Crippen LogP contribution in [0.2, 0.25) is 0 Å². The van der Waals surface area contributed by atoms with Gasteiger partial charge in [-0.15, -0.1) is 0 Å². The van der Waals surface area contributed by atoms with Crippen molar-refractivity contribution in [2.45, 2.75) is 37.9 Å². The molecule has 1 fully saturated rings. The number of carbonyl (C=O) groups excluding carboxylic acids is 1. The third-order valence-corrected chi connectivity index (χ3v) is 6.27. The van der Waals surface area contributed by atoms with Crippen LogP contribution in [0, 0.1) is 0 Å². The van der Waals surface area contributed by atoms with Crippen LogP contribution in [-0.2, 0) is 4.79 Å². The van der Waals surface area contributed by atoms with Crippen LogP contribution >= 0.6 is 11.8 Å². The first-order chi connectivity index (χ1) is 15.9. The standard InChI is InChI=1S/C24H29N3O5S/c1-33-14-12-20(23(29)30)26-22(28)18-11-10-17(15-19(18)16-7-3-2-4-8-16)27(24(31)32)21-9-5-6-13-25-21/h2-4,7-8,10-11,15,20-21,25H,5-6,9,12-14H2,1H3,(H,26,28)(H,29,30)(H,31,32). The number of anilines is 1. The highest BCUT2D eigenvalue weighted by Crippen LogP contribution is 2.31. The third kappa shape index (κ3) is 6.27. The summed E-state index contributed by atoms with van der Waals surface area (Å²) < 4.78 is 0. The van der Waals surface area contributed by atoms with Gasteiger partial charge in [0, 0.05) is 11.3 Å². The van der Waals surface area contributed by atoms with Crippen LogP contribution in [0.3, 0.4) is 0 Å². The fourth-order valence-electron chi connectivity index (χ4n) is 3.94. The molecule has 1 aliphatic heterocycles. The van der Waals surface area contributed by atoms with Crippen LogP contribution in [0.25, 0.3) is 11.1 Å². The number of rotatable bonds is 9. The average Bonchev–Trinajstić information content (AvgIpc) is 2.82. The van der Waals surface area contributed by atoms with Gasteiger partial charge in [-0.05, 0) is 73.6 Å². The Balaban J connectivity index is 1.99. The van der Waals surface area contributed by atoms with Crippen LogP contribution < -0.4 is 15.5 Å². The van der Waals surface area contributed by atoms with Crippen molar-refractivity contribution < 1.29 is 24.6 Å². The molecule has 8 nitrogen and oxygen atoms in total. The first kappa shape index (κ1) is 24.6. The van der Waals surface area contributed by atoms with Gasteiger partial charge in [-0.1, -0.05) is 30.3 Å². The number of carboxylic acids is 1. The third-order valence-electron chi connectivity index (χ3n) is 5.63. The second kappa shape index (κ2) is 11.7.